The number of benzene rings is 2. The lowest BCUT2D eigenvalue weighted by Gasteiger charge is -2.29. The van der Waals surface area contributed by atoms with Gasteiger partial charge in [0.15, 0.2) is 0 Å². The Labute approximate surface area is 233 Å². The van der Waals surface area contributed by atoms with Crippen LogP contribution in [-0.4, -0.2) is 61.4 Å². The number of urea groups is 1. The van der Waals surface area contributed by atoms with E-state index in [-0.39, 0.29) is 12.2 Å². The number of likely N-dealkylation sites (N-methyl/N-ethyl adjacent to an activating group) is 1. The van der Waals surface area contributed by atoms with Gasteiger partial charge >= 0.3 is 11.5 Å². The molecule has 0 spiro atoms. The van der Waals surface area contributed by atoms with E-state index in [0.717, 1.165) is 17.0 Å². The topological polar surface area (TPSA) is 126 Å². The maximum atomic E-state index is 13.6. The fourth-order valence-corrected chi connectivity index (χ4v) is 5.17. The normalized spacial score (nSPS) is 16.6. The second-order valence-electron chi connectivity index (χ2n) is 8.98. The monoisotopic (exact) mass is 590 g/mol. The number of hydrogen-bond acceptors (Lipinski definition) is 7. The summed E-state index contributed by atoms with van der Waals surface area (Å²) in [4.78, 5) is 45.3. The van der Waals surface area contributed by atoms with Crippen LogP contribution in [0.25, 0.3) is 11.3 Å². The first-order valence-corrected chi connectivity index (χ1v) is 13.8. The number of pyridine rings is 1. The molecular formula is C27H25F3N4O6S. The molecule has 4 rings (SSSR count). The average Bonchev–Trinajstić information content (AvgIpc) is 3.16. The summed E-state index contributed by atoms with van der Waals surface area (Å²) in [5, 5.41) is 2.67. The van der Waals surface area contributed by atoms with E-state index in [0.29, 0.717) is 39.6 Å². The molecule has 216 valence electrons. The van der Waals surface area contributed by atoms with Crippen LogP contribution in [0.1, 0.15) is 25.5 Å². The summed E-state index contributed by atoms with van der Waals surface area (Å²) in [5.74, 6) is -0.690. The van der Waals surface area contributed by atoms with Crippen molar-refractivity contribution in [1.82, 2.24) is 15.2 Å². The van der Waals surface area contributed by atoms with Crippen molar-refractivity contribution in [2.24, 2.45) is 0 Å². The van der Waals surface area contributed by atoms with E-state index >= 15 is 0 Å². The Morgan fingerprint density at radius 1 is 1.07 bits per heavy atom. The van der Waals surface area contributed by atoms with Crippen molar-refractivity contribution in [1.29, 1.82) is 0 Å². The lowest BCUT2D eigenvalue weighted by atomic mass is 10.0. The van der Waals surface area contributed by atoms with Gasteiger partial charge in [-0.25, -0.2) is 18.1 Å². The number of nitrogens with one attached hydrogen (secondary N) is 1. The minimum Gasteiger partial charge on any atom is -0.497 e. The van der Waals surface area contributed by atoms with E-state index in [2.05, 4.69) is 10.3 Å². The van der Waals surface area contributed by atoms with Crippen LogP contribution in [0.5, 0.6) is 5.75 Å². The van der Waals surface area contributed by atoms with Crippen molar-refractivity contribution in [2.75, 3.05) is 18.6 Å². The number of halogens is 3. The van der Waals surface area contributed by atoms with Crippen LogP contribution in [0.3, 0.4) is 0 Å². The molecule has 4 amide bonds. The number of hydrogen-bond donors (Lipinski definition) is 1. The summed E-state index contributed by atoms with van der Waals surface area (Å²) in [5.41, 5.74) is -4.12. The molecule has 1 saturated heterocycles. The van der Waals surface area contributed by atoms with Crippen LogP contribution in [-0.2, 0) is 19.4 Å². The lowest BCUT2D eigenvalue weighted by Crippen LogP contribution is -2.45. The van der Waals surface area contributed by atoms with E-state index in [1.165, 1.54) is 26.3 Å². The highest BCUT2D eigenvalue weighted by Gasteiger charge is 2.50. The van der Waals surface area contributed by atoms with Gasteiger partial charge in [-0.1, -0.05) is 0 Å². The fraction of sp³-hybridized carbons (Fsp3) is 0.259. The van der Waals surface area contributed by atoms with Crippen LogP contribution in [0.2, 0.25) is 0 Å². The second-order valence-corrected chi connectivity index (χ2v) is 10.9. The average molecular weight is 591 g/mol. The number of aromatic nitrogens is 1. The molecule has 1 fully saturated rings. The van der Waals surface area contributed by atoms with Gasteiger partial charge in [0, 0.05) is 18.3 Å². The van der Waals surface area contributed by atoms with E-state index < -0.39 is 50.2 Å². The van der Waals surface area contributed by atoms with Gasteiger partial charge in [0.1, 0.15) is 17.8 Å². The van der Waals surface area contributed by atoms with Gasteiger partial charge in [-0.15, -0.1) is 0 Å². The number of alkyl halides is 3. The Kier molecular flexibility index (Phi) is 8.06. The summed E-state index contributed by atoms with van der Waals surface area (Å²) in [6.07, 6.45) is 1.46. The number of sulfone groups is 1. The first-order valence-electron chi connectivity index (χ1n) is 12.3. The fourth-order valence-electron chi connectivity index (χ4n) is 4.41. The Hall–Kier alpha value is -4.46. The van der Waals surface area contributed by atoms with Crippen molar-refractivity contribution in [3.63, 3.8) is 0 Å². The number of imide groups is 1. The summed E-state index contributed by atoms with van der Waals surface area (Å²) in [6.45, 7) is 3.34. The van der Waals surface area contributed by atoms with Gasteiger partial charge in [-0.05, 0) is 80.1 Å². The molecule has 2 unspecified atom stereocenters. The highest BCUT2D eigenvalue weighted by molar-refractivity contribution is 7.92. The minimum atomic E-state index is -5.63. The molecular weight excluding hydrogens is 565 g/mol. The lowest BCUT2D eigenvalue weighted by molar-refractivity contribution is -0.127. The molecule has 10 nitrogen and oxygen atoms in total. The van der Waals surface area contributed by atoms with Crippen LogP contribution in [0.4, 0.5) is 23.7 Å². The van der Waals surface area contributed by atoms with E-state index in [1.54, 1.807) is 37.3 Å². The Morgan fingerprint density at radius 3 is 2.27 bits per heavy atom. The zero-order chi connectivity index (χ0) is 30.1. The first-order chi connectivity index (χ1) is 19.3. The van der Waals surface area contributed by atoms with Crippen LogP contribution in [0, 0.1) is 0 Å². The standard InChI is InChI=1S/C27H25F3N4O6S/c1-4-31-24(35)23(18-13-14-32-22(15-18)17-5-9-20(40-3)10-6-17)33-16(2)25(36)34(26(33)37)19-7-11-21(12-8-19)41(38,39)27(28,29)30/h5-16,23H,4H2,1-3H3,(H,31,35). The summed E-state index contributed by atoms with van der Waals surface area (Å²) in [6, 6.07) is 10.0. The molecule has 1 aromatic heterocycles. The molecule has 1 N–H and O–H groups in total. The SMILES string of the molecule is CCNC(=O)C(c1ccnc(-c2ccc(OC)cc2)c1)N1C(=O)N(c2ccc(S(=O)(=O)C(F)(F)F)cc2)C(=O)C1C. The molecule has 1 aliphatic heterocycles. The van der Waals surface area contributed by atoms with Crippen molar-refractivity contribution < 1.29 is 40.7 Å². The Bertz CT molecular complexity index is 1580. The molecule has 2 aromatic carbocycles. The highest BCUT2D eigenvalue weighted by Crippen LogP contribution is 2.36. The van der Waals surface area contributed by atoms with Crippen molar-refractivity contribution in [3.05, 3.63) is 72.4 Å². The van der Waals surface area contributed by atoms with Gasteiger partial charge in [0.2, 0.25) is 5.91 Å². The zero-order valence-corrected chi connectivity index (χ0v) is 22.9. The molecule has 3 aromatic rings. The number of carbonyl (C=O) groups is 3. The van der Waals surface area contributed by atoms with Gasteiger partial charge in [0.05, 0.1) is 23.4 Å². The highest BCUT2D eigenvalue weighted by atomic mass is 32.2. The number of methoxy groups -OCH3 is 1. The van der Waals surface area contributed by atoms with E-state index in [1.807, 2.05) is 0 Å². The largest absolute Gasteiger partial charge is 0.501 e. The summed E-state index contributed by atoms with van der Waals surface area (Å²) in [7, 11) is -4.10. The van der Waals surface area contributed by atoms with Gasteiger partial charge in [-0.3, -0.25) is 19.5 Å². The minimum absolute atomic E-state index is 0.154. The molecule has 0 radical (unpaired) electrons. The number of rotatable bonds is 8. The Morgan fingerprint density at radius 2 is 1.71 bits per heavy atom. The van der Waals surface area contributed by atoms with Gasteiger partial charge in [0.25, 0.3) is 15.7 Å². The molecule has 0 aliphatic carbocycles. The molecule has 0 saturated carbocycles. The van der Waals surface area contributed by atoms with Crippen LogP contribution < -0.4 is 15.0 Å². The Balaban J connectivity index is 1.72. The van der Waals surface area contributed by atoms with Crippen molar-refractivity contribution in [2.45, 2.75) is 36.3 Å². The molecule has 2 heterocycles. The second kappa shape index (κ2) is 11.2. The number of amides is 4. The molecule has 14 heteroatoms. The molecule has 1 aliphatic rings. The first kappa shape index (κ1) is 29.5. The van der Waals surface area contributed by atoms with Gasteiger partial charge < -0.3 is 10.1 Å². The summed E-state index contributed by atoms with van der Waals surface area (Å²) >= 11 is 0. The van der Waals surface area contributed by atoms with E-state index in [9.17, 15) is 36.0 Å². The molecule has 2 atom stereocenters. The summed E-state index contributed by atoms with van der Waals surface area (Å²) < 4.78 is 67.5. The maximum absolute atomic E-state index is 13.6. The number of carbonyl (C=O) groups excluding carboxylic acids is 3. The van der Waals surface area contributed by atoms with Crippen molar-refractivity contribution >= 4 is 33.4 Å². The maximum Gasteiger partial charge on any atom is 0.501 e. The van der Waals surface area contributed by atoms with Crippen LogP contribution >= 0.6 is 0 Å². The predicted molar refractivity (Wildman–Crippen MR) is 142 cm³/mol. The van der Waals surface area contributed by atoms with Crippen LogP contribution in [0.15, 0.2) is 71.8 Å². The molecule has 0 bridgehead atoms. The van der Waals surface area contributed by atoms with Crippen molar-refractivity contribution in [3.8, 4) is 17.0 Å². The predicted octanol–water partition coefficient (Wildman–Crippen LogP) is 4.09. The third-order valence-corrected chi connectivity index (χ3v) is 7.98. The third-order valence-electron chi connectivity index (χ3n) is 6.48. The number of ether oxygens (including phenoxy) is 1. The third kappa shape index (κ3) is 5.46. The number of nitrogens with zero attached hydrogens (tertiary/aromatic N) is 3. The van der Waals surface area contributed by atoms with Gasteiger partial charge in [-0.2, -0.15) is 13.2 Å². The van der Waals surface area contributed by atoms with E-state index in [4.69, 9.17) is 4.74 Å². The molecule has 41 heavy (non-hydrogen) atoms. The quantitative estimate of drug-likeness (QED) is 0.392. The smallest absolute Gasteiger partial charge is 0.497 e. The number of anilines is 1. The zero-order valence-electron chi connectivity index (χ0n) is 22.0.